The SMILES string of the molecule is COC(=O)CCCCO[P@]1(=O)OC[C@H]2O[C@@H](n3ccc(=O)[nH]c3=O)C(C)(C)[C@@H]2O1. The van der Waals surface area contributed by atoms with Crippen molar-refractivity contribution in [3.8, 4) is 0 Å². The van der Waals surface area contributed by atoms with Crippen LogP contribution in [0.3, 0.4) is 0 Å². The number of phosphoric acid groups is 1. The Morgan fingerprint density at radius 1 is 1.38 bits per heavy atom. The van der Waals surface area contributed by atoms with E-state index in [0.717, 1.165) is 0 Å². The fourth-order valence-electron chi connectivity index (χ4n) is 3.45. The largest absolute Gasteiger partial charge is 0.475 e. The molecule has 2 fully saturated rings. The van der Waals surface area contributed by atoms with Crippen LogP contribution in [0, 0.1) is 5.41 Å². The van der Waals surface area contributed by atoms with Gasteiger partial charge in [-0.3, -0.25) is 32.7 Å². The molecule has 1 N–H and O–H groups in total. The Morgan fingerprint density at radius 2 is 2.14 bits per heavy atom. The molecule has 0 spiro atoms. The zero-order chi connectivity index (χ0) is 21.2. The third-order valence-electron chi connectivity index (χ3n) is 5.01. The first kappa shape index (κ1) is 21.9. The zero-order valence-corrected chi connectivity index (χ0v) is 17.4. The smallest absolute Gasteiger partial charge is 0.469 e. The predicted molar refractivity (Wildman–Crippen MR) is 99.3 cm³/mol. The lowest BCUT2D eigenvalue weighted by Gasteiger charge is -2.36. The summed E-state index contributed by atoms with van der Waals surface area (Å²) in [5.74, 6) is -0.321. The summed E-state index contributed by atoms with van der Waals surface area (Å²) in [6, 6.07) is 1.22. The first-order chi connectivity index (χ1) is 13.7. The molecular weight excluding hydrogens is 407 g/mol. The topological polar surface area (TPSA) is 135 Å². The highest BCUT2D eigenvalue weighted by Crippen LogP contribution is 2.60. The highest BCUT2D eigenvalue weighted by atomic mass is 31.2. The average molecular weight is 432 g/mol. The number of H-pyrrole nitrogens is 1. The van der Waals surface area contributed by atoms with Crippen molar-refractivity contribution in [2.24, 2.45) is 5.41 Å². The van der Waals surface area contributed by atoms with Crippen LogP contribution < -0.4 is 11.2 Å². The van der Waals surface area contributed by atoms with Crippen molar-refractivity contribution in [2.75, 3.05) is 20.3 Å². The number of carbonyl (C=O) groups is 1. The Kier molecular flexibility index (Phi) is 6.45. The molecule has 3 rings (SSSR count). The predicted octanol–water partition coefficient (Wildman–Crippen LogP) is 1.34. The van der Waals surface area contributed by atoms with Crippen LogP contribution in [0.1, 0.15) is 39.3 Å². The van der Waals surface area contributed by atoms with Crippen molar-refractivity contribution < 1.29 is 32.4 Å². The number of nitrogens with zero attached hydrogens (tertiary/aromatic N) is 1. The van der Waals surface area contributed by atoms with Crippen LogP contribution in [0.15, 0.2) is 21.9 Å². The number of hydrogen-bond acceptors (Lipinski definition) is 9. The number of methoxy groups -OCH3 is 1. The van der Waals surface area contributed by atoms with Gasteiger partial charge in [-0.25, -0.2) is 9.36 Å². The van der Waals surface area contributed by atoms with Gasteiger partial charge in [0.1, 0.15) is 18.4 Å². The second-order valence-electron chi connectivity index (χ2n) is 7.50. The molecule has 4 atom stereocenters. The molecule has 29 heavy (non-hydrogen) atoms. The molecule has 2 saturated heterocycles. The van der Waals surface area contributed by atoms with Crippen LogP contribution in [-0.4, -0.2) is 48.1 Å². The van der Waals surface area contributed by atoms with Gasteiger partial charge < -0.3 is 9.47 Å². The Morgan fingerprint density at radius 3 is 2.83 bits per heavy atom. The molecular formula is C17H25N2O9P. The number of unbranched alkanes of at least 4 members (excludes halogenated alkanes) is 1. The number of hydrogen-bond donors (Lipinski definition) is 1. The molecule has 12 heteroatoms. The van der Waals surface area contributed by atoms with E-state index >= 15 is 0 Å². The molecule has 0 amide bonds. The quantitative estimate of drug-likeness (QED) is 0.385. The summed E-state index contributed by atoms with van der Waals surface area (Å²) >= 11 is 0. The van der Waals surface area contributed by atoms with Crippen LogP contribution in [0.25, 0.3) is 0 Å². The highest BCUT2D eigenvalue weighted by molar-refractivity contribution is 7.48. The van der Waals surface area contributed by atoms with Gasteiger partial charge in [0, 0.05) is 24.1 Å². The Labute approximate surface area is 166 Å². The van der Waals surface area contributed by atoms with Gasteiger partial charge in [-0.15, -0.1) is 0 Å². The molecule has 2 aliphatic heterocycles. The zero-order valence-electron chi connectivity index (χ0n) is 16.5. The lowest BCUT2D eigenvalue weighted by atomic mass is 9.84. The van der Waals surface area contributed by atoms with Crippen molar-refractivity contribution in [2.45, 2.75) is 51.5 Å². The van der Waals surface area contributed by atoms with Gasteiger partial charge in [0.25, 0.3) is 5.56 Å². The fourth-order valence-corrected chi connectivity index (χ4v) is 5.01. The summed E-state index contributed by atoms with van der Waals surface area (Å²) in [5, 5.41) is 0. The van der Waals surface area contributed by atoms with Gasteiger partial charge in [0.2, 0.25) is 0 Å². The molecule has 11 nitrogen and oxygen atoms in total. The molecule has 0 saturated carbocycles. The molecule has 0 unspecified atom stereocenters. The van der Waals surface area contributed by atoms with Crippen molar-refractivity contribution in [3.63, 3.8) is 0 Å². The first-order valence-electron chi connectivity index (χ1n) is 9.27. The van der Waals surface area contributed by atoms with Crippen LogP contribution in [0.2, 0.25) is 0 Å². The van der Waals surface area contributed by atoms with Crippen molar-refractivity contribution in [1.82, 2.24) is 9.55 Å². The minimum absolute atomic E-state index is 0.0257. The number of esters is 1. The Hall–Kier alpha value is -1.78. The van der Waals surface area contributed by atoms with Gasteiger partial charge in [0.15, 0.2) is 0 Å². The third-order valence-corrected chi connectivity index (χ3v) is 6.46. The lowest BCUT2D eigenvalue weighted by molar-refractivity contribution is -0.140. The average Bonchev–Trinajstić information content (AvgIpc) is 2.91. The maximum atomic E-state index is 12.8. The maximum absolute atomic E-state index is 12.8. The summed E-state index contributed by atoms with van der Waals surface area (Å²) in [5.41, 5.74) is -1.88. The second-order valence-corrected chi connectivity index (χ2v) is 9.12. The number of carbonyl (C=O) groups excluding carboxylic acids is 1. The molecule has 2 aliphatic rings. The summed E-state index contributed by atoms with van der Waals surface area (Å²) in [7, 11) is -2.50. The standard InChI is InChI=1S/C17H25N2O9P/c1-17(2)14-11(27-15(17)19-8-7-12(20)18-16(19)22)10-26-29(23,28-14)25-9-5-4-6-13(21)24-3/h7-8,11,14-15H,4-6,9-10H2,1-3H3,(H,18,20,22)/t11-,14-,15-,29-/m1/s1. The van der Waals surface area contributed by atoms with Crippen molar-refractivity contribution in [3.05, 3.63) is 33.1 Å². The van der Waals surface area contributed by atoms with E-state index in [1.807, 2.05) is 13.8 Å². The highest BCUT2D eigenvalue weighted by Gasteiger charge is 2.58. The van der Waals surface area contributed by atoms with E-state index in [2.05, 4.69) is 9.72 Å². The van der Waals surface area contributed by atoms with E-state index in [-0.39, 0.29) is 25.6 Å². The monoisotopic (exact) mass is 432 g/mol. The van der Waals surface area contributed by atoms with Gasteiger partial charge >= 0.3 is 19.5 Å². The van der Waals surface area contributed by atoms with Crippen LogP contribution in [0.4, 0.5) is 0 Å². The Bertz CT molecular complexity index is 909. The van der Waals surface area contributed by atoms with Gasteiger partial charge in [0.05, 0.1) is 20.3 Å². The van der Waals surface area contributed by atoms with Crippen molar-refractivity contribution in [1.29, 1.82) is 0 Å². The number of ether oxygens (including phenoxy) is 2. The van der Waals surface area contributed by atoms with Gasteiger partial charge in [-0.1, -0.05) is 13.8 Å². The summed E-state index contributed by atoms with van der Waals surface area (Å²) in [6.07, 6.45) is 0.632. The van der Waals surface area contributed by atoms with Crippen molar-refractivity contribution >= 4 is 13.8 Å². The van der Waals surface area contributed by atoms with E-state index in [9.17, 15) is 18.9 Å². The minimum atomic E-state index is -3.81. The lowest BCUT2D eigenvalue weighted by Crippen LogP contribution is -2.42. The summed E-state index contributed by atoms with van der Waals surface area (Å²) in [6.45, 7) is 3.69. The molecule has 0 radical (unpaired) electrons. The minimum Gasteiger partial charge on any atom is -0.469 e. The Balaban J connectivity index is 1.65. The molecule has 0 aromatic carbocycles. The summed E-state index contributed by atoms with van der Waals surface area (Å²) < 4.78 is 40.9. The molecule has 162 valence electrons. The number of rotatable bonds is 7. The van der Waals surface area contributed by atoms with E-state index in [1.165, 1.54) is 23.9 Å². The van der Waals surface area contributed by atoms with E-state index in [4.69, 9.17) is 18.3 Å². The number of fused-ring (bicyclic) bond motifs is 1. The molecule has 0 bridgehead atoms. The van der Waals surface area contributed by atoms with E-state index in [1.54, 1.807) is 0 Å². The first-order valence-corrected chi connectivity index (χ1v) is 10.7. The molecule has 1 aromatic rings. The normalized spacial score (nSPS) is 30.7. The summed E-state index contributed by atoms with van der Waals surface area (Å²) in [4.78, 5) is 36.8. The van der Waals surface area contributed by atoms with E-state index < -0.39 is 42.9 Å². The van der Waals surface area contributed by atoms with Crippen LogP contribution in [-0.2, 0) is 32.4 Å². The molecule has 3 heterocycles. The second kappa shape index (κ2) is 8.53. The number of aromatic nitrogens is 2. The van der Waals surface area contributed by atoms with Crippen LogP contribution >= 0.6 is 7.82 Å². The third kappa shape index (κ3) is 4.70. The number of phosphoric ester groups is 1. The number of aromatic amines is 1. The van der Waals surface area contributed by atoms with Gasteiger partial charge in [-0.2, -0.15) is 0 Å². The van der Waals surface area contributed by atoms with E-state index in [0.29, 0.717) is 12.8 Å². The van der Waals surface area contributed by atoms with Gasteiger partial charge in [-0.05, 0) is 12.8 Å². The molecule has 1 aromatic heterocycles. The maximum Gasteiger partial charge on any atom is 0.475 e. The van der Waals surface area contributed by atoms with Crippen LogP contribution in [0.5, 0.6) is 0 Å². The number of nitrogens with one attached hydrogen (secondary N) is 1. The molecule has 0 aliphatic carbocycles. The fraction of sp³-hybridized carbons (Fsp3) is 0.706.